The molecule has 2 heterocycles. The standard InChI is InChI=1S/C34H32N4O10S3/c1-25-13-17-31(18-14-25)50(43,44)47-23-29-9-5-7-27(35-29)21-37(49(41,42)34-12-4-3-11-33(34)38(39)40)22-28-8-6-10-30(36-28)24-48-51(45,46)32-19-15-26(2)16-20-32/h3-20H,21-24H2,1-2H3. The number of hydrogen-bond donors (Lipinski definition) is 0. The molecular formula is C34H32N4O10S3. The summed E-state index contributed by atoms with van der Waals surface area (Å²) in [7, 11) is -12.8. The highest BCUT2D eigenvalue weighted by Gasteiger charge is 2.32. The molecule has 5 rings (SSSR count). The van der Waals surface area contributed by atoms with Gasteiger partial charge in [-0.25, -0.2) is 8.42 Å². The van der Waals surface area contributed by atoms with Crippen LogP contribution >= 0.6 is 0 Å². The quantitative estimate of drug-likeness (QED) is 0.0772. The van der Waals surface area contributed by atoms with E-state index >= 15 is 0 Å². The number of benzene rings is 3. The zero-order valence-electron chi connectivity index (χ0n) is 27.3. The number of nitrogens with zero attached hydrogens (tertiary/aromatic N) is 4. The van der Waals surface area contributed by atoms with Gasteiger partial charge in [0.05, 0.1) is 50.6 Å². The van der Waals surface area contributed by atoms with Crippen LogP contribution in [0.4, 0.5) is 5.69 Å². The van der Waals surface area contributed by atoms with E-state index in [0.29, 0.717) is 0 Å². The molecule has 0 N–H and O–H groups in total. The molecule has 3 aromatic carbocycles. The summed E-state index contributed by atoms with van der Waals surface area (Å²) in [5, 5.41) is 11.8. The number of nitro benzene ring substituents is 1. The molecule has 51 heavy (non-hydrogen) atoms. The lowest BCUT2D eigenvalue weighted by atomic mass is 10.2. The van der Waals surface area contributed by atoms with E-state index in [1.807, 2.05) is 13.8 Å². The average molecular weight is 753 g/mol. The van der Waals surface area contributed by atoms with Crippen molar-refractivity contribution in [3.8, 4) is 0 Å². The molecule has 14 nitrogen and oxygen atoms in total. The Hall–Kier alpha value is -4.91. The number of nitro groups is 1. The van der Waals surface area contributed by atoms with Crippen LogP contribution < -0.4 is 0 Å². The minimum atomic E-state index is -4.59. The molecule has 0 saturated heterocycles. The normalized spacial score (nSPS) is 12.2. The molecule has 0 bridgehead atoms. The molecule has 17 heteroatoms. The molecule has 5 aromatic rings. The first-order valence-electron chi connectivity index (χ1n) is 15.2. The van der Waals surface area contributed by atoms with Gasteiger partial charge in [0.2, 0.25) is 0 Å². The van der Waals surface area contributed by atoms with E-state index < -0.39 is 72.1 Å². The molecule has 0 aliphatic heterocycles. The van der Waals surface area contributed by atoms with E-state index in [9.17, 15) is 35.4 Å². The van der Waals surface area contributed by atoms with Crippen molar-refractivity contribution in [3.05, 3.63) is 153 Å². The molecule has 266 valence electrons. The maximum Gasteiger partial charge on any atom is 0.297 e. The lowest BCUT2D eigenvalue weighted by molar-refractivity contribution is -0.387. The van der Waals surface area contributed by atoms with Crippen LogP contribution in [0.1, 0.15) is 33.9 Å². The fourth-order valence-electron chi connectivity index (χ4n) is 4.77. The second-order valence-electron chi connectivity index (χ2n) is 11.3. The Balaban J connectivity index is 1.41. The third-order valence-electron chi connectivity index (χ3n) is 7.43. The van der Waals surface area contributed by atoms with Gasteiger partial charge < -0.3 is 0 Å². The largest absolute Gasteiger partial charge is 0.297 e. The molecular weight excluding hydrogens is 721 g/mol. The summed E-state index contributed by atoms with van der Waals surface area (Å²) in [6, 6.07) is 26.2. The Morgan fingerprint density at radius 3 is 1.43 bits per heavy atom. The van der Waals surface area contributed by atoms with E-state index in [1.165, 1.54) is 60.7 Å². The second-order valence-corrected chi connectivity index (χ2v) is 16.4. The molecule has 0 aliphatic rings. The van der Waals surface area contributed by atoms with E-state index in [-0.39, 0.29) is 32.6 Å². The molecule has 0 radical (unpaired) electrons. The first-order valence-corrected chi connectivity index (χ1v) is 19.5. The fourth-order valence-corrected chi connectivity index (χ4v) is 8.07. The summed E-state index contributed by atoms with van der Waals surface area (Å²) < 4.78 is 90.4. The highest BCUT2D eigenvalue weighted by Crippen LogP contribution is 2.28. The highest BCUT2D eigenvalue weighted by molar-refractivity contribution is 7.89. The van der Waals surface area contributed by atoms with Crippen molar-refractivity contribution < 1.29 is 38.5 Å². The number of para-hydroxylation sites is 1. The van der Waals surface area contributed by atoms with Crippen molar-refractivity contribution in [2.24, 2.45) is 0 Å². The molecule has 0 saturated carbocycles. The number of pyridine rings is 2. The van der Waals surface area contributed by atoms with E-state index in [4.69, 9.17) is 8.37 Å². The number of aryl methyl sites for hydroxylation is 2. The smallest absolute Gasteiger partial charge is 0.260 e. The van der Waals surface area contributed by atoms with E-state index in [2.05, 4.69) is 9.97 Å². The minimum absolute atomic E-state index is 0.0427. The van der Waals surface area contributed by atoms with Gasteiger partial charge in [-0.15, -0.1) is 0 Å². The van der Waals surface area contributed by atoms with Gasteiger partial charge in [0.25, 0.3) is 35.9 Å². The lowest BCUT2D eigenvalue weighted by Crippen LogP contribution is -2.31. The minimum Gasteiger partial charge on any atom is -0.260 e. The van der Waals surface area contributed by atoms with Gasteiger partial charge in [0.15, 0.2) is 4.90 Å². The van der Waals surface area contributed by atoms with Crippen LogP contribution in [0.3, 0.4) is 0 Å². The average Bonchev–Trinajstić information content (AvgIpc) is 3.10. The van der Waals surface area contributed by atoms with Crippen molar-refractivity contribution in [1.29, 1.82) is 0 Å². The number of aromatic nitrogens is 2. The van der Waals surface area contributed by atoms with Gasteiger partial charge in [-0.3, -0.25) is 28.4 Å². The Labute approximate surface area is 295 Å². The van der Waals surface area contributed by atoms with Gasteiger partial charge in [0, 0.05) is 6.07 Å². The molecule has 0 fully saturated rings. The summed E-state index contributed by atoms with van der Waals surface area (Å²) >= 11 is 0. The summed E-state index contributed by atoms with van der Waals surface area (Å²) in [4.78, 5) is 19.2. The van der Waals surface area contributed by atoms with Crippen molar-refractivity contribution in [3.63, 3.8) is 0 Å². The van der Waals surface area contributed by atoms with Gasteiger partial charge >= 0.3 is 0 Å². The summed E-state index contributed by atoms with van der Waals surface area (Å²) in [6.45, 7) is 1.92. The molecule has 0 amide bonds. The van der Waals surface area contributed by atoms with Gasteiger partial charge in [-0.05, 0) is 68.4 Å². The predicted molar refractivity (Wildman–Crippen MR) is 184 cm³/mol. The Morgan fingerprint density at radius 1 is 0.588 bits per heavy atom. The third kappa shape index (κ3) is 9.46. The Morgan fingerprint density at radius 2 is 1.00 bits per heavy atom. The van der Waals surface area contributed by atoms with Crippen molar-refractivity contribution >= 4 is 35.9 Å². The summed E-state index contributed by atoms with van der Waals surface area (Å²) in [6.07, 6.45) is 0. The predicted octanol–water partition coefficient (Wildman–Crippen LogP) is 5.20. The summed E-state index contributed by atoms with van der Waals surface area (Å²) in [5.74, 6) is 0. The molecule has 0 unspecified atom stereocenters. The second kappa shape index (κ2) is 15.5. The fraction of sp³-hybridized carbons (Fsp3) is 0.176. The van der Waals surface area contributed by atoms with Crippen LogP contribution in [0.5, 0.6) is 0 Å². The molecule has 0 aliphatic carbocycles. The van der Waals surface area contributed by atoms with Crippen molar-refractivity contribution in [2.45, 2.75) is 54.8 Å². The number of rotatable bonds is 15. The first-order chi connectivity index (χ1) is 24.1. The van der Waals surface area contributed by atoms with E-state index in [1.54, 1.807) is 36.4 Å². The molecule has 0 atom stereocenters. The summed E-state index contributed by atoms with van der Waals surface area (Å²) in [5.41, 5.74) is 1.80. The van der Waals surface area contributed by atoms with Crippen LogP contribution in [0, 0.1) is 24.0 Å². The third-order valence-corrected chi connectivity index (χ3v) is 11.8. The van der Waals surface area contributed by atoms with Crippen molar-refractivity contribution in [2.75, 3.05) is 0 Å². The van der Waals surface area contributed by atoms with Gasteiger partial charge in [-0.1, -0.05) is 59.7 Å². The first kappa shape index (κ1) is 37.3. The zero-order chi connectivity index (χ0) is 36.8. The van der Waals surface area contributed by atoms with Crippen molar-refractivity contribution in [1.82, 2.24) is 14.3 Å². The maximum atomic E-state index is 14.1. The topological polar surface area (TPSA) is 193 Å². The lowest BCUT2D eigenvalue weighted by Gasteiger charge is -2.22. The monoisotopic (exact) mass is 752 g/mol. The Bertz CT molecular complexity index is 2250. The van der Waals surface area contributed by atoms with Crippen LogP contribution in [0.15, 0.2) is 124 Å². The van der Waals surface area contributed by atoms with Crippen LogP contribution in [-0.4, -0.2) is 44.4 Å². The van der Waals surface area contributed by atoms with Crippen LogP contribution in [0.25, 0.3) is 0 Å². The zero-order valence-corrected chi connectivity index (χ0v) is 29.8. The SMILES string of the molecule is Cc1ccc(S(=O)(=O)OCc2cccc(CN(Cc3cccc(COS(=O)(=O)c4ccc(C)cc4)n3)S(=O)(=O)c3ccccc3[N+](=O)[O-])n2)cc1. The number of hydrogen-bond acceptors (Lipinski definition) is 12. The van der Waals surface area contributed by atoms with E-state index in [0.717, 1.165) is 27.6 Å². The number of sulfonamides is 1. The molecule has 2 aromatic heterocycles. The van der Waals surface area contributed by atoms with Crippen LogP contribution in [0.2, 0.25) is 0 Å². The molecule has 0 spiro atoms. The highest BCUT2D eigenvalue weighted by atomic mass is 32.2. The van der Waals surface area contributed by atoms with Crippen LogP contribution in [-0.2, 0) is 64.9 Å². The van der Waals surface area contributed by atoms with Gasteiger partial charge in [0.1, 0.15) is 13.2 Å². The Kier molecular flexibility index (Phi) is 11.4. The van der Waals surface area contributed by atoms with Gasteiger partial charge in [-0.2, -0.15) is 21.1 Å². The maximum absolute atomic E-state index is 14.1.